The summed E-state index contributed by atoms with van der Waals surface area (Å²) in [6.45, 7) is 4.50. The predicted octanol–water partition coefficient (Wildman–Crippen LogP) is 1.11. The number of alkyl halides is 3. The van der Waals surface area contributed by atoms with Gasteiger partial charge in [-0.1, -0.05) is 13.8 Å². The van der Waals surface area contributed by atoms with Gasteiger partial charge in [0.25, 0.3) is 0 Å². The Bertz CT molecular complexity index is 307. The summed E-state index contributed by atoms with van der Waals surface area (Å²) in [4.78, 5) is 13.0. The van der Waals surface area contributed by atoms with Gasteiger partial charge in [-0.05, 0) is 19.4 Å². The third kappa shape index (κ3) is 5.36. The Morgan fingerprint density at radius 3 is 2.58 bits per heavy atom. The number of carbonyl (C=O) groups is 1. The molecule has 1 amide bonds. The number of halogens is 3. The van der Waals surface area contributed by atoms with Crippen LogP contribution in [0.5, 0.6) is 0 Å². The van der Waals surface area contributed by atoms with Crippen molar-refractivity contribution in [2.75, 3.05) is 19.6 Å². The van der Waals surface area contributed by atoms with Crippen molar-refractivity contribution in [1.29, 1.82) is 0 Å². The zero-order chi connectivity index (χ0) is 14.6. The van der Waals surface area contributed by atoms with Gasteiger partial charge in [-0.15, -0.1) is 0 Å². The van der Waals surface area contributed by atoms with Crippen molar-refractivity contribution in [2.24, 2.45) is 11.7 Å². The number of rotatable bonds is 5. The number of hydrogen-bond donors (Lipinski definition) is 2. The van der Waals surface area contributed by atoms with Gasteiger partial charge in [0.1, 0.15) is 0 Å². The Balaban J connectivity index is 2.57. The number of piperidine rings is 1. The molecular formula is C12H22F3N3O. The van der Waals surface area contributed by atoms with E-state index in [1.54, 1.807) is 4.90 Å². The lowest BCUT2D eigenvalue weighted by atomic mass is 9.97. The minimum absolute atomic E-state index is 0.0486. The first-order valence-corrected chi connectivity index (χ1v) is 6.54. The van der Waals surface area contributed by atoms with Crippen LogP contribution < -0.4 is 11.1 Å². The number of amides is 1. The molecule has 0 saturated carbocycles. The highest BCUT2D eigenvalue weighted by atomic mass is 19.4. The summed E-state index contributed by atoms with van der Waals surface area (Å²) in [5, 5.41) is 2.98. The van der Waals surface area contributed by atoms with E-state index in [4.69, 9.17) is 5.73 Å². The van der Waals surface area contributed by atoms with Crippen molar-refractivity contribution in [2.45, 2.75) is 44.9 Å². The Hall–Kier alpha value is -0.820. The van der Waals surface area contributed by atoms with E-state index in [0.29, 0.717) is 13.0 Å². The number of nitrogens with zero attached hydrogens (tertiary/aromatic N) is 1. The largest absolute Gasteiger partial charge is 0.393 e. The molecule has 3 N–H and O–H groups in total. The summed E-state index contributed by atoms with van der Waals surface area (Å²) >= 11 is 0. The molecule has 0 aromatic heterocycles. The number of hydrogen-bond acceptors (Lipinski definition) is 3. The van der Waals surface area contributed by atoms with Crippen LogP contribution in [0.15, 0.2) is 0 Å². The van der Waals surface area contributed by atoms with Crippen molar-refractivity contribution in [1.82, 2.24) is 10.2 Å². The van der Waals surface area contributed by atoms with Crippen LogP contribution in [-0.2, 0) is 4.79 Å². The third-order valence-electron chi connectivity index (χ3n) is 3.29. The second kappa shape index (κ2) is 6.56. The van der Waals surface area contributed by atoms with Gasteiger partial charge in [-0.3, -0.25) is 4.79 Å². The van der Waals surface area contributed by atoms with Crippen molar-refractivity contribution < 1.29 is 18.0 Å². The first kappa shape index (κ1) is 16.2. The second-order valence-electron chi connectivity index (χ2n) is 5.42. The minimum atomic E-state index is -4.16. The molecule has 0 aromatic rings. The molecule has 0 aromatic carbocycles. The van der Waals surface area contributed by atoms with Crippen LogP contribution in [0.1, 0.15) is 26.7 Å². The number of carbonyl (C=O) groups excluding carboxylic acids is 1. The monoisotopic (exact) mass is 281 g/mol. The molecule has 1 rings (SSSR count). The molecule has 1 fully saturated rings. The molecular weight excluding hydrogens is 259 g/mol. The van der Waals surface area contributed by atoms with E-state index in [0.717, 1.165) is 0 Å². The van der Waals surface area contributed by atoms with Gasteiger partial charge in [0.05, 0.1) is 12.0 Å². The van der Waals surface area contributed by atoms with Crippen LogP contribution >= 0.6 is 0 Å². The van der Waals surface area contributed by atoms with Gasteiger partial charge in [0, 0.05) is 19.1 Å². The molecule has 112 valence electrons. The van der Waals surface area contributed by atoms with Crippen LogP contribution in [0.4, 0.5) is 13.2 Å². The normalized spacial score (nSPS) is 23.6. The molecule has 1 saturated heterocycles. The van der Waals surface area contributed by atoms with Crippen LogP contribution in [0.3, 0.4) is 0 Å². The molecule has 19 heavy (non-hydrogen) atoms. The average Bonchev–Trinajstić information content (AvgIpc) is 2.26. The molecule has 1 aliphatic heterocycles. The fraction of sp³-hybridized carbons (Fsp3) is 0.917. The summed E-state index contributed by atoms with van der Waals surface area (Å²) in [5.41, 5.74) is 5.27. The number of likely N-dealkylation sites (tertiary alicyclic amines) is 1. The summed E-state index contributed by atoms with van der Waals surface area (Å²) < 4.78 is 38.1. The fourth-order valence-electron chi connectivity index (χ4n) is 2.37. The first-order chi connectivity index (χ1) is 8.70. The smallest absolute Gasteiger partial charge is 0.368 e. The summed E-state index contributed by atoms with van der Waals surface area (Å²) in [6, 6.07) is -0.548. The molecule has 1 aliphatic rings. The molecule has 2 unspecified atom stereocenters. The highest BCUT2D eigenvalue weighted by Crippen LogP contribution is 2.33. The van der Waals surface area contributed by atoms with Gasteiger partial charge in [-0.2, -0.15) is 13.2 Å². The van der Waals surface area contributed by atoms with Crippen LogP contribution in [0.2, 0.25) is 0 Å². The van der Waals surface area contributed by atoms with E-state index in [1.807, 2.05) is 13.8 Å². The summed E-state index contributed by atoms with van der Waals surface area (Å²) in [5.74, 6) is -1.82. The highest BCUT2D eigenvalue weighted by molar-refractivity contribution is 5.80. The standard InChI is InChI=1S/C12H22F3N3O/c1-8(2)17-10(11(16)19)7-18-5-3-4-9(6-18)12(13,14)15/h8-10,17H,3-7H2,1-2H3,(H2,16,19). The van der Waals surface area contributed by atoms with E-state index in [1.165, 1.54) is 0 Å². The quantitative estimate of drug-likeness (QED) is 0.794. The van der Waals surface area contributed by atoms with E-state index >= 15 is 0 Å². The maximum Gasteiger partial charge on any atom is 0.393 e. The van der Waals surface area contributed by atoms with Crippen LogP contribution in [0, 0.1) is 5.92 Å². The van der Waals surface area contributed by atoms with Gasteiger partial charge >= 0.3 is 6.18 Å². The first-order valence-electron chi connectivity index (χ1n) is 6.54. The van der Waals surface area contributed by atoms with E-state index in [9.17, 15) is 18.0 Å². The molecule has 4 nitrogen and oxygen atoms in total. The van der Waals surface area contributed by atoms with Gasteiger partial charge < -0.3 is 16.0 Å². The SMILES string of the molecule is CC(C)NC(CN1CCCC(C(F)(F)F)C1)C(N)=O. The Labute approximate surface area is 111 Å². The highest BCUT2D eigenvalue weighted by Gasteiger charge is 2.42. The van der Waals surface area contributed by atoms with Crippen LogP contribution in [0.25, 0.3) is 0 Å². The van der Waals surface area contributed by atoms with Gasteiger partial charge in [0.2, 0.25) is 5.91 Å². The Kier molecular flexibility index (Phi) is 5.61. The van der Waals surface area contributed by atoms with Crippen molar-refractivity contribution >= 4 is 5.91 Å². The number of nitrogens with one attached hydrogen (secondary N) is 1. The summed E-state index contributed by atoms with van der Waals surface area (Å²) in [6.07, 6.45) is -3.50. The molecule has 1 heterocycles. The molecule has 0 bridgehead atoms. The maximum atomic E-state index is 12.7. The summed E-state index contributed by atoms with van der Waals surface area (Å²) in [7, 11) is 0. The molecule has 2 atom stereocenters. The molecule has 7 heteroatoms. The average molecular weight is 281 g/mol. The predicted molar refractivity (Wildman–Crippen MR) is 66.5 cm³/mol. The minimum Gasteiger partial charge on any atom is -0.368 e. The van der Waals surface area contributed by atoms with E-state index < -0.39 is 24.0 Å². The Morgan fingerprint density at radius 2 is 2.11 bits per heavy atom. The van der Waals surface area contributed by atoms with Gasteiger partial charge in [-0.25, -0.2) is 0 Å². The van der Waals surface area contributed by atoms with Crippen molar-refractivity contribution in [3.05, 3.63) is 0 Å². The lowest BCUT2D eigenvalue weighted by Crippen LogP contribution is -2.53. The molecule has 0 radical (unpaired) electrons. The molecule has 0 spiro atoms. The van der Waals surface area contributed by atoms with Crippen LogP contribution in [-0.4, -0.2) is 48.7 Å². The van der Waals surface area contributed by atoms with E-state index in [-0.39, 0.29) is 25.6 Å². The maximum absolute atomic E-state index is 12.7. The zero-order valence-corrected chi connectivity index (χ0v) is 11.3. The Morgan fingerprint density at radius 1 is 1.47 bits per heavy atom. The lowest BCUT2D eigenvalue weighted by molar-refractivity contribution is -0.186. The molecule has 0 aliphatic carbocycles. The zero-order valence-electron chi connectivity index (χ0n) is 11.3. The third-order valence-corrected chi connectivity index (χ3v) is 3.29. The fourth-order valence-corrected chi connectivity index (χ4v) is 2.37. The number of nitrogens with two attached hydrogens (primary N) is 1. The van der Waals surface area contributed by atoms with Crippen molar-refractivity contribution in [3.63, 3.8) is 0 Å². The number of primary amides is 1. The van der Waals surface area contributed by atoms with Crippen molar-refractivity contribution in [3.8, 4) is 0 Å². The van der Waals surface area contributed by atoms with E-state index in [2.05, 4.69) is 5.32 Å². The van der Waals surface area contributed by atoms with Gasteiger partial charge in [0.15, 0.2) is 0 Å². The lowest BCUT2D eigenvalue weighted by Gasteiger charge is -2.35. The topological polar surface area (TPSA) is 58.4 Å². The second-order valence-corrected chi connectivity index (χ2v) is 5.42.